The van der Waals surface area contributed by atoms with Gasteiger partial charge in [0.05, 0.1) is 12.3 Å². The summed E-state index contributed by atoms with van der Waals surface area (Å²) in [6.07, 6.45) is 3.35. The molecule has 0 fully saturated rings. The molecule has 104 valence electrons. The molecule has 1 aromatic carbocycles. The van der Waals surface area contributed by atoms with E-state index in [9.17, 15) is 4.79 Å². The molecule has 0 spiro atoms. The second-order valence-electron chi connectivity index (χ2n) is 4.20. The van der Waals surface area contributed by atoms with E-state index < -0.39 is 0 Å². The second kappa shape index (κ2) is 6.91. The van der Waals surface area contributed by atoms with Gasteiger partial charge in [-0.25, -0.2) is 0 Å². The Balaban J connectivity index is 2.03. The van der Waals surface area contributed by atoms with Crippen LogP contribution in [0, 0.1) is 6.92 Å². The molecule has 0 saturated heterocycles. The number of hydrogen-bond acceptors (Lipinski definition) is 3. The third-order valence-electron chi connectivity index (χ3n) is 2.60. The number of aryl methyl sites for hydroxylation is 1. The highest BCUT2D eigenvalue weighted by Gasteiger charge is 2.04. The molecular formula is C16H17NO2S. The van der Waals surface area contributed by atoms with Crippen molar-refractivity contribution in [1.82, 2.24) is 0 Å². The van der Waals surface area contributed by atoms with Gasteiger partial charge >= 0.3 is 0 Å². The number of benzene rings is 1. The maximum Gasteiger partial charge on any atom is 0.248 e. The average molecular weight is 287 g/mol. The van der Waals surface area contributed by atoms with Crippen LogP contribution in [-0.2, 0) is 4.79 Å². The fourth-order valence-electron chi connectivity index (χ4n) is 1.73. The molecule has 2 rings (SSSR count). The monoisotopic (exact) mass is 287 g/mol. The number of nitrogens with one attached hydrogen (secondary N) is 1. The first-order valence-corrected chi connectivity index (χ1v) is 7.28. The zero-order valence-corrected chi connectivity index (χ0v) is 12.4. The number of para-hydroxylation sites is 2. The van der Waals surface area contributed by atoms with Crippen LogP contribution in [0.25, 0.3) is 6.08 Å². The SMILES string of the molecule is CCOc1ccccc1NC(=O)/C=C/c1ccc(C)s1. The van der Waals surface area contributed by atoms with Crippen molar-refractivity contribution in [2.24, 2.45) is 0 Å². The second-order valence-corrected chi connectivity index (χ2v) is 5.52. The van der Waals surface area contributed by atoms with Gasteiger partial charge in [0, 0.05) is 15.8 Å². The van der Waals surface area contributed by atoms with E-state index in [4.69, 9.17) is 4.74 Å². The van der Waals surface area contributed by atoms with Crippen LogP contribution in [0.2, 0.25) is 0 Å². The first-order chi connectivity index (χ1) is 9.69. The van der Waals surface area contributed by atoms with E-state index in [-0.39, 0.29) is 5.91 Å². The zero-order chi connectivity index (χ0) is 14.4. The van der Waals surface area contributed by atoms with Gasteiger partial charge in [0.15, 0.2) is 0 Å². The quantitative estimate of drug-likeness (QED) is 0.841. The standard InChI is InChI=1S/C16H17NO2S/c1-3-19-15-7-5-4-6-14(15)17-16(18)11-10-13-9-8-12(2)20-13/h4-11H,3H2,1-2H3,(H,17,18)/b11-10+. The molecule has 1 amide bonds. The van der Waals surface area contributed by atoms with Crippen LogP contribution >= 0.6 is 11.3 Å². The van der Waals surface area contributed by atoms with E-state index in [1.165, 1.54) is 11.0 Å². The van der Waals surface area contributed by atoms with Crippen molar-refractivity contribution in [2.45, 2.75) is 13.8 Å². The smallest absolute Gasteiger partial charge is 0.248 e. The van der Waals surface area contributed by atoms with Crippen molar-refractivity contribution < 1.29 is 9.53 Å². The fraction of sp³-hybridized carbons (Fsp3) is 0.188. The van der Waals surface area contributed by atoms with Gasteiger partial charge in [0.25, 0.3) is 0 Å². The highest BCUT2D eigenvalue weighted by Crippen LogP contribution is 2.23. The van der Waals surface area contributed by atoms with E-state index in [2.05, 4.69) is 5.32 Å². The lowest BCUT2D eigenvalue weighted by Gasteiger charge is -2.09. The molecule has 0 bridgehead atoms. The summed E-state index contributed by atoms with van der Waals surface area (Å²) in [5, 5.41) is 2.83. The molecule has 1 heterocycles. The largest absolute Gasteiger partial charge is 0.492 e. The summed E-state index contributed by atoms with van der Waals surface area (Å²) in [6.45, 7) is 4.52. The van der Waals surface area contributed by atoms with Gasteiger partial charge in [-0.1, -0.05) is 12.1 Å². The molecule has 0 aliphatic rings. The third kappa shape index (κ3) is 3.96. The summed E-state index contributed by atoms with van der Waals surface area (Å²) in [5.74, 6) is 0.520. The Kier molecular flexibility index (Phi) is 4.96. The Hall–Kier alpha value is -2.07. The third-order valence-corrected chi connectivity index (χ3v) is 3.57. The molecule has 1 aromatic heterocycles. The van der Waals surface area contributed by atoms with Gasteiger partial charge in [0.1, 0.15) is 5.75 Å². The van der Waals surface area contributed by atoms with Gasteiger partial charge in [-0.3, -0.25) is 4.79 Å². The topological polar surface area (TPSA) is 38.3 Å². The lowest BCUT2D eigenvalue weighted by molar-refractivity contribution is -0.111. The van der Waals surface area contributed by atoms with Gasteiger partial charge in [-0.2, -0.15) is 0 Å². The van der Waals surface area contributed by atoms with E-state index in [0.29, 0.717) is 18.0 Å². The van der Waals surface area contributed by atoms with Gasteiger partial charge in [-0.15, -0.1) is 11.3 Å². The predicted molar refractivity (Wildman–Crippen MR) is 84.3 cm³/mol. The molecule has 0 radical (unpaired) electrons. The Labute approximate surface area is 122 Å². The van der Waals surface area contributed by atoms with E-state index >= 15 is 0 Å². The molecule has 20 heavy (non-hydrogen) atoms. The number of amides is 1. The molecular weight excluding hydrogens is 270 g/mol. The molecule has 0 aliphatic heterocycles. The number of carbonyl (C=O) groups excluding carboxylic acids is 1. The predicted octanol–water partition coefficient (Wildman–Crippen LogP) is 4.11. The summed E-state index contributed by atoms with van der Waals surface area (Å²) in [4.78, 5) is 14.2. The lowest BCUT2D eigenvalue weighted by Crippen LogP contribution is -2.09. The number of hydrogen-bond donors (Lipinski definition) is 1. The van der Waals surface area contributed by atoms with Crippen LogP contribution in [0.5, 0.6) is 5.75 Å². The molecule has 0 saturated carbocycles. The van der Waals surface area contributed by atoms with Crippen molar-refractivity contribution in [3.63, 3.8) is 0 Å². The van der Waals surface area contributed by atoms with Crippen LogP contribution in [0.1, 0.15) is 16.7 Å². The summed E-state index contributed by atoms with van der Waals surface area (Å²) >= 11 is 1.66. The maximum absolute atomic E-state index is 11.9. The minimum absolute atomic E-state index is 0.164. The average Bonchev–Trinajstić information content (AvgIpc) is 2.85. The molecule has 0 aliphatic carbocycles. The molecule has 0 atom stereocenters. The van der Waals surface area contributed by atoms with E-state index in [0.717, 1.165) is 4.88 Å². The Morgan fingerprint density at radius 3 is 2.80 bits per heavy atom. The molecule has 3 nitrogen and oxygen atoms in total. The first kappa shape index (κ1) is 14.3. The van der Waals surface area contributed by atoms with E-state index in [1.807, 2.05) is 56.3 Å². The number of ether oxygens (including phenoxy) is 1. The molecule has 1 N–H and O–H groups in total. The summed E-state index contributed by atoms with van der Waals surface area (Å²) in [6, 6.07) is 11.4. The van der Waals surface area contributed by atoms with Crippen molar-refractivity contribution in [2.75, 3.05) is 11.9 Å². The van der Waals surface area contributed by atoms with E-state index in [1.54, 1.807) is 11.3 Å². The number of carbonyl (C=O) groups is 1. The van der Waals surface area contributed by atoms with Crippen LogP contribution in [0.4, 0.5) is 5.69 Å². The normalized spacial score (nSPS) is 10.7. The van der Waals surface area contributed by atoms with Crippen molar-refractivity contribution in [3.05, 3.63) is 52.2 Å². The highest BCUT2D eigenvalue weighted by atomic mass is 32.1. The van der Waals surface area contributed by atoms with Gasteiger partial charge < -0.3 is 10.1 Å². The Morgan fingerprint density at radius 1 is 1.30 bits per heavy atom. The number of thiophene rings is 1. The fourth-order valence-corrected chi connectivity index (χ4v) is 2.51. The Bertz CT molecular complexity index is 616. The van der Waals surface area contributed by atoms with Crippen LogP contribution in [-0.4, -0.2) is 12.5 Å². The molecule has 4 heteroatoms. The van der Waals surface area contributed by atoms with Crippen LogP contribution in [0.15, 0.2) is 42.5 Å². The van der Waals surface area contributed by atoms with Crippen molar-refractivity contribution >= 4 is 29.0 Å². The minimum atomic E-state index is -0.164. The van der Waals surface area contributed by atoms with Crippen LogP contribution in [0.3, 0.4) is 0 Å². The summed E-state index contributed by atoms with van der Waals surface area (Å²) in [5.41, 5.74) is 0.686. The van der Waals surface area contributed by atoms with Crippen LogP contribution < -0.4 is 10.1 Å². The minimum Gasteiger partial charge on any atom is -0.492 e. The lowest BCUT2D eigenvalue weighted by atomic mass is 10.3. The van der Waals surface area contributed by atoms with Gasteiger partial charge in [-0.05, 0) is 44.2 Å². The van der Waals surface area contributed by atoms with Crippen molar-refractivity contribution in [1.29, 1.82) is 0 Å². The molecule has 2 aromatic rings. The summed E-state index contributed by atoms with van der Waals surface area (Å²) < 4.78 is 5.47. The number of rotatable bonds is 5. The van der Waals surface area contributed by atoms with Crippen molar-refractivity contribution in [3.8, 4) is 5.75 Å². The first-order valence-electron chi connectivity index (χ1n) is 6.46. The molecule has 0 unspecified atom stereocenters. The zero-order valence-electron chi connectivity index (χ0n) is 11.6. The number of anilines is 1. The van der Waals surface area contributed by atoms with Gasteiger partial charge in [0.2, 0.25) is 5.91 Å². The Morgan fingerprint density at radius 2 is 2.10 bits per heavy atom. The maximum atomic E-state index is 11.9. The highest BCUT2D eigenvalue weighted by molar-refractivity contribution is 7.12. The summed E-state index contributed by atoms with van der Waals surface area (Å²) in [7, 11) is 0.